The predicted octanol–water partition coefficient (Wildman–Crippen LogP) is 2.37. The van der Waals surface area contributed by atoms with Crippen LogP contribution in [0.3, 0.4) is 0 Å². The van der Waals surface area contributed by atoms with Gasteiger partial charge in [-0.3, -0.25) is 9.79 Å². The molecule has 1 amide bonds. The zero-order valence-corrected chi connectivity index (χ0v) is 17.4. The normalized spacial score (nSPS) is 16.0. The van der Waals surface area contributed by atoms with Crippen molar-refractivity contribution in [1.29, 1.82) is 0 Å². The molecule has 1 atom stereocenters. The number of carbonyl (C=O) groups is 1. The number of rotatable bonds is 6. The van der Waals surface area contributed by atoms with Crippen molar-refractivity contribution in [3.8, 4) is 0 Å². The third-order valence-corrected chi connectivity index (χ3v) is 6.09. The van der Waals surface area contributed by atoms with E-state index in [1.54, 1.807) is 18.4 Å². The molecule has 0 spiro atoms. The Kier molecular flexibility index (Phi) is 7.31. The number of aliphatic imine (C=N–C) groups is 1. The quantitative estimate of drug-likeness (QED) is 0.578. The molecule has 1 aromatic carbocycles. The number of piperazine rings is 1. The Morgan fingerprint density at radius 2 is 1.86 bits per heavy atom. The fourth-order valence-electron chi connectivity index (χ4n) is 3.27. The average molecular weight is 400 g/mol. The van der Waals surface area contributed by atoms with Crippen LogP contribution in [0.1, 0.15) is 17.7 Å². The molecule has 1 saturated heterocycles. The van der Waals surface area contributed by atoms with Crippen LogP contribution < -0.4 is 15.5 Å². The van der Waals surface area contributed by atoms with Crippen molar-refractivity contribution in [3.05, 3.63) is 52.7 Å². The molecule has 1 aromatic heterocycles. The fraction of sp³-hybridized carbons (Fsp3) is 0.429. The zero-order valence-electron chi connectivity index (χ0n) is 16.6. The molecule has 1 unspecified atom stereocenters. The van der Waals surface area contributed by atoms with Crippen molar-refractivity contribution in [2.45, 2.75) is 12.8 Å². The van der Waals surface area contributed by atoms with Crippen LogP contribution in [0.2, 0.25) is 0 Å². The van der Waals surface area contributed by atoms with Crippen LogP contribution in [0.4, 0.5) is 5.69 Å². The highest BCUT2D eigenvalue weighted by Crippen LogP contribution is 2.19. The first kappa shape index (κ1) is 20.2. The van der Waals surface area contributed by atoms with Crippen molar-refractivity contribution < 1.29 is 4.79 Å². The van der Waals surface area contributed by atoms with E-state index < -0.39 is 0 Å². The Labute approximate surface area is 171 Å². The minimum absolute atomic E-state index is 0.113. The topological polar surface area (TPSA) is 60.0 Å². The number of para-hydroxylation sites is 1. The zero-order chi connectivity index (χ0) is 19.8. The first-order valence-electron chi connectivity index (χ1n) is 9.73. The van der Waals surface area contributed by atoms with Gasteiger partial charge in [-0.15, -0.1) is 11.3 Å². The summed E-state index contributed by atoms with van der Waals surface area (Å²) in [4.78, 5) is 22.4. The second kappa shape index (κ2) is 10.1. The number of hydrogen-bond acceptors (Lipinski definition) is 4. The van der Waals surface area contributed by atoms with Crippen LogP contribution in [-0.2, 0) is 4.79 Å². The number of guanidine groups is 1. The lowest BCUT2D eigenvalue weighted by Crippen LogP contribution is -2.52. The minimum Gasteiger partial charge on any atom is -0.368 e. The SMILES string of the molecule is CN=C(NCC(=O)N1CCN(c2ccccc2)CC1)NCC(C)c1cccs1. The third kappa shape index (κ3) is 5.48. The summed E-state index contributed by atoms with van der Waals surface area (Å²) in [5, 5.41) is 8.55. The largest absolute Gasteiger partial charge is 0.368 e. The van der Waals surface area contributed by atoms with Crippen molar-refractivity contribution in [3.63, 3.8) is 0 Å². The number of nitrogens with zero attached hydrogens (tertiary/aromatic N) is 3. The summed E-state index contributed by atoms with van der Waals surface area (Å²) < 4.78 is 0. The van der Waals surface area contributed by atoms with Gasteiger partial charge in [0.05, 0.1) is 6.54 Å². The van der Waals surface area contributed by atoms with Gasteiger partial charge in [0, 0.05) is 56.3 Å². The van der Waals surface area contributed by atoms with Crippen LogP contribution in [0, 0.1) is 0 Å². The lowest BCUT2D eigenvalue weighted by atomic mass is 10.1. The van der Waals surface area contributed by atoms with Gasteiger partial charge in [0.15, 0.2) is 5.96 Å². The number of thiophene rings is 1. The number of benzene rings is 1. The smallest absolute Gasteiger partial charge is 0.242 e. The highest BCUT2D eigenvalue weighted by atomic mass is 32.1. The van der Waals surface area contributed by atoms with Crippen molar-refractivity contribution in [1.82, 2.24) is 15.5 Å². The molecule has 2 N–H and O–H groups in total. The maximum Gasteiger partial charge on any atom is 0.242 e. The summed E-state index contributed by atoms with van der Waals surface area (Å²) in [7, 11) is 1.73. The van der Waals surface area contributed by atoms with Gasteiger partial charge in [-0.1, -0.05) is 31.2 Å². The second-order valence-corrected chi connectivity index (χ2v) is 7.91. The van der Waals surface area contributed by atoms with Gasteiger partial charge in [-0.05, 0) is 23.6 Å². The van der Waals surface area contributed by atoms with E-state index in [9.17, 15) is 4.79 Å². The summed E-state index contributed by atoms with van der Waals surface area (Å²) in [6, 6.07) is 14.6. The Bertz CT molecular complexity index is 754. The van der Waals surface area contributed by atoms with E-state index >= 15 is 0 Å². The van der Waals surface area contributed by atoms with Crippen LogP contribution in [0.25, 0.3) is 0 Å². The van der Waals surface area contributed by atoms with Crippen molar-refractivity contribution in [2.75, 3.05) is 51.2 Å². The van der Waals surface area contributed by atoms with Crippen LogP contribution in [-0.4, -0.2) is 63.1 Å². The molecule has 150 valence electrons. The molecule has 1 aliphatic heterocycles. The molecule has 2 aromatic rings. The Morgan fingerprint density at radius 3 is 2.50 bits per heavy atom. The lowest BCUT2D eigenvalue weighted by molar-refractivity contribution is -0.130. The molecule has 7 heteroatoms. The summed E-state index contributed by atoms with van der Waals surface area (Å²) in [6.45, 7) is 6.45. The minimum atomic E-state index is 0.113. The summed E-state index contributed by atoms with van der Waals surface area (Å²) in [6.07, 6.45) is 0. The second-order valence-electron chi connectivity index (χ2n) is 6.93. The van der Waals surface area contributed by atoms with Crippen LogP contribution >= 0.6 is 11.3 Å². The van der Waals surface area contributed by atoms with Gasteiger partial charge in [0.1, 0.15) is 0 Å². The number of amides is 1. The highest BCUT2D eigenvalue weighted by Gasteiger charge is 2.21. The molecule has 6 nitrogen and oxygen atoms in total. The summed E-state index contributed by atoms with van der Waals surface area (Å²) in [5.74, 6) is 1.18. The summed E-state index contributed by atoms with van der Waals surface area (Å²) in [5.41, 5.74) is 1.22. The number of nitrogens with one attached hydrogen (secondary N) is 2. The van der Waals surface area contributed by atoms with Crippen LogP contribution in [0.5, 0.6) is 0 Å². The van der Waals surface area contributed by atoms with Gasteiger partial charge < -0.3 is 20.4 Å². The fourth-order valence-corrected chi connectivity index (χ4v) is 4.05. The molecule has 3 rings (SSSR count). The lowest BCUT2D eigenvalue weighted by Gasteiger charge is -2.36. The molecule has 0 saturated carbocycles. The monoisotopic (exact) mass is 399 g/mol. The van der Waals surface area contributed by atoms with Crippen molar-refractivity contribution in [2.24, 2.45) is 4.99 Å². The highest BCUT2D eigenvalue weighted by molar-refractivity contribution is 7.10. The molecule has 1 aliphatic rings. The molecule has 0 aliphatic carbocycles. The molecule has 0 radical (unpaired) electrons. The van der Waals surface area contributed by atoms with Gasteiger partial charge in [0.2, 0.25) is 5.91 Å². The van der Waals surface area contributed by atoms with Gasteiger partial charge in [0.25, 0.3) is 0 Å². The number of carbonyl (C=O) groups excluding carboxylic acids is 1. The first-order chi connectivity index (χ1) is 13.7. The molecule has 28 heavy (non-hydrogen) atoms. The van der Waals surface area contributed by atoms with E-state index in [4.69, 9.17) is 0 Å². The predicted molar refractivity (Wildman–Crippen MR) is 117 cm³/mol. The van der Waals surface area contributed by atoms with E-state index in [0.717, 1.165) is 32.7 Å². The molecule has 1 fully saturated rings. The third-order valence-electron chi connectivity index (χ3n) is 4.99. The first-order valence-corrected chi connectivity index (χ1v) is 10.6. The molecular weight excluding hydrogens is 370 g/mol. The Hall–Kier alpha value is -2.54. The van der Waals surface area contributed by atoms with Gasteiger partial charge in [-0.2, -0.15) is 0 Å². The maximum atomic E-state index is 12.6. The summed E-state index contributed by atoms with van der Waals surface area (Å²) >= 11 is 1.76. The number of hydrogen-bond donors (Lipinski definition) is 2. The molecular formula is C21H29N5OS. The number of anilines is 1. The van der Waals surface area contributed by atoms with E-state index in [-0.39, 0.29) is 12.5 Å². The average Bonchev–Trinajstić information content (AvgIpc) is 3.29. The van der Waals surface area contributed by atoms with E-state index in [1.165, 1.54) is 10.6 Å². The van der Waals surface area contributed by atoms with Crippen LogP contribution in [0.15, 0.2) is 52.8 Å². The van der Waals surface area contributed by atoms with E-state index in [0.29, 0.717) is 11.9 Å². The van der Waals surface area contributed by atoms with E-state index in [1.807, 2.05) is 11.0 Å². The van der Waals surface area contributed by atoms with Gasteiger partial charge >= 0.3 is 0 Å². The Balaban J connectivity index is 1.39. The standard InChI is InChI=1S/C21H29N5OS/c1-17(19-9-6-14-28-19)15-23-21(22-2)24-16-20(27)26-12-10-25(11-13-26)18-7-4-3-5-8-18/h3-9,14,17H,10-13,15-16H2,1-2H3,(H2,22,23,24). The maximum absolute atomic E-state index is 12.6. The molecule has 0 bridgehead atoms. The van der Waals surface area contributed by atoms with Crippen molar-refractivity contribution >= 4 is 28.9 Å². The Morgan fingerprint density at radius 1 is 1.11 bits per heavy atom. The van der Waals surface area contributed by atoms with Gasteiger partial charge in [-0.25, -0.2) is 0 Å². The molecule has 2 heterocycles. The van der Waals surface area contributed by atoms with E-state index in [2.05, 4.69) is 69.2 Å².